The molecule has 2 aliphatic rings. The first kappa shape index (κ1) is 98.6. The molecule has 140 heavy (non-hydrogen) atoms. The lowest BCUT2D eigenvalue weighted by molar-refractivity contribution is -0.147. The Kier molecular flexibility index (Phi) is 30.9. The summed E-state index contributed by atoms with van der Waals surface area (Å²) in [5.74, 6) is -21.2. The third kappa shape index (κ3) is 25.1. The second-order valence-corrected chi connectivity index (χ2v) is 32.4. The van der Waals surface area contributed by atoms with Gasteiger partial charge >= 0.3 is 47.8 Å². The number of rotatable bonds is 40. The largest absolute Gasteiger partial charge is 0.508 e. The van der Waals surface area contributed by atoms with Crippen LogP contribution in [0.4, 0.5) is 0 Å². The molecule has 8 aromatic carbocycles. The van der Waals surface area contributed by atoms with Crippen LogP contribution in [0.5, 0.6) is 23.0 Å². The summed E-state index contributed by atoms with van der Waals surface area (Å²) in [6.45, 7) is 0. The van der Waals surface area contributed by atoms with Crippen molar-refractivity contribution in [3.05, 3.63) is 286 Å². The minimum atomic E-state index is -1.93. The van der Waals surface area contributed by atoms with E-state index in [4.69, 9.17) is 9.97 Å². The van der Waals surface area contributed by atoms with Crippen molar-refractivity contribution >= 4 is 141 Å². The van der Waals surface area contributed by atoms with E-state index in [2.05, 4.69) is 52.5 Å². The number of nitrogens with one attached hydrogen (secondary N) is 10. The van der Waals surface area contributed by atoms with Crippen LogP contribution in [-0.4, -0.2) is 225 Å². The van der Waals surface area contributed by atoms with Crippen LogP contribution in [0.2, 0.25) is 0 Å². The molecule has 0 fully saturated rings. The Labute approximate surface area is 790 Å². The number of fused-ring (bicyclic) bond motifs is 8. The van der Waals surface area contributed by atoms with Crippen LogP contribution in [-0.2, 0) is 83.2 Å². The van der Waals surface area contributed by atoms with Gasteiger partial charge in [-0.25, -0.2) is 29.1 Å². The van der Waals surface area contributed by atoms with E-state index in [0.717, 1.165) is 0 Å². The molecule has 0 aliphatic carbocycles. The predicted octanol–water partition coefficient (Wildman–Crippen LogP) is 7.69. The fourth-order valence-corrected chi connectivity index (χ4v) is 15.4. The maximum Gasteiger partial charge on any atom is 0.326 e. The molecule has 22 N–H and O–H groups in total. The van der Waals surface area contributed by atoms with Crippen LogP contribution >= 0.6 is 0 Å². The third-order valence-corrected chi connectivity index (χ3v) is 22.5. The number of benzene rings is 8. The molecule has 0 unspecified atom stereocenters. The summed E-state index contributed by atoms with van der Waals surface area (Å²) in [7, 11) is 0. The molecule has 5 heterocycles. The summed E-state index contributed by atoms with van der Waals surface area (Å²) in [5, 5.41) is 138. The lowest BCUT2D eigenvalue weighted by atomic mass is 10.0. The van der Waals surface area contributed by atoms with E-state index in [-0.39, 0.29) is 93.7 Å². The maximum absolute atomic E-state index is 14.6. The summed E-state index contributed by atoms with van der Waals surface area (Å²) in [5.41, 5.74) is 6.33. The number of aliphatic carboxylic acids is 8. The minimum absolute atomic E-state index is 0.0606. The Morgan fingerprint density at radius 1 is 0.229 bits per heavy atom. The zero-order valence-corrected chi connectivity index (χ0v) is 73.2. The van der Waals surface area contributed by atoms with Crippen molar-refractivity contribution in [1.82, 2.24) is 62.5 Å². The van der Waals surface area contributed by atoms with Crippen LogP contribution in [0.15, 0.2) is 218 Å². The molecule has 0 saturated carbocycles. The lowest BCUT2D eigenvalue weighted by Crippen LogP contribution is -2.53. The Bertz CT molecular complexity index is 6150. The van der Waals surface area contributed by atoms with E-state index in [1.807, 2.05) is 0 Å². The number of aromatic nitrogens is 4. The number of H-pyrrole nitrogens is 2. The van der Waals surface area contributed by atoms with E-state index < -0.39 is 169 Å². The topological polar surface area (TPSA) is 669 Å². The first-order chi connectivity index (χ1) is 66.8. The number of carboxylic acids is 8. The molecule has 714 valence electrons. The number of hydrogen-bond acceptors (Lipinski definition) is 22. The number of aromatic hydroxyl groups is 4. The average molecular weight is 1900 g/mol. The smallest absolute Gasteiger partial charge is 0.326 e. The molecule has 2 aliphatic heterocycles. The standard InChI is InChI=1S/C100H86N12O28/c113-61-25-1-49(2-26-61)41-73(93(129)109-77(97(133)134)45-81(117)118)105-89(125)57-17-9-53(10-18-57)85-65-33-35-67(101-65)86(54-11-19-58(20-12-54)90(126)106-74(42-50-3-27-62(114)28-4-50)94(130)110-78(98(135)136)46-82(119)120)69-37-39-71(103-69)88(56-15-23-60(24-16-56)92(128)108-76(44-52-7-31-64(116)32-8-52)96(132)112-80(100(139)140)48-84(123)124)72-40-38-70(104-72)87(68-36-34-66(85)102-68)55-13-21-59(22-14-55)91(127)107-75(43-51-5-29-63(115)30-6-51)95(131)111-79(99(137)138)47-83(121)122/h1-40,73-80,101,104,113-116H,41-48H2,(H,105,125)(H,106,126)(H,107,127)(H,108,128)(H,109,129)(H,110,130)(H,111,131)(H,112,132)(H,117,118)(H,119,120)(H,121,122)(H,123,124)(H,133,134)(H,135,136)(H,137,138)(H,139,140)/t73-,74-,75-,76-,77-,78-,79-,80-/m0/s1. The molecule has 3 aromatic heterocycles. The van der Waals surface area contributed by atoms with Gasteiger partial charge in [0.2, 0.25) is 23.6 Å². The molecule has 8 bridgehead atoms. The van der Waals surface area contributed by atoms with Crippen LogP contribution in [0.1, 0.15) is 112 Å². The monoisotopic (exact) mass is 1900 g/mol. The second-order valence-electron chi connectivity index (χ2n) is 32.4. The van der Waals surface area contributed by atoms with Crippen molar-refractivity contribution in [3.63, 3.8) is 0 Å². The normalized spacial score (nSPS) is 13.0. The van der Waals surface area contributed by atoms with Crippen LogP contribution in [0.3, 0.4) is 0 Å². The van der Waals surface area contributed by atoms with E-state index in [9.17, 15) is 138 Å². The number of phenols is 4. The molecule has 13 rings (SSSR count). The summed E-state index contributed by atoms with van der Waals surface area (Å²) in [6, 6.07) is 38.7. The van der Waals surface area contributed by atoms with Gasteiger partial charge in [0, 0.05) is 92.3 Å². The van der Waals surface area contributed by atoms with Gasteiger partial charge in [-0.1, -0.05) is 97.1 Å². The van der Waals surface area contributed by atoms with Gasteiger partial charge in [0.1, 0.15) is 71.3 Å². The number of aromatic amines is 2. The number of hydrogen-bond donors (Lipinski definition) is 22. The van der Waals surface area contributed by atoms with Crippen molar-refractivity contribution in [2.24, 2.45) is 0 Å². The van der Waals surface area contributed by atoms with Crippen molar-refractivity contribution in [3.8, 4) is 67.5 Å². The third-order valence-electron chi connectivity index (χ3n) is 22.5. The Morgan fingerprint density at radius 3 is 0.571 bits per heavy atom. The van der Waals surface area contributed by atoms with Crippen molar-refractivity contribution in [2.45, 2.75) is 99.7 Å². The highest BCUT2D eigenvalue weighted by molar-refractivity contribution is 6.06. The molecule has 8 atom stereocenters. The molecular weight excluding hydrogens is 1820 g/mol. The number of amides is 8. The van der Waals surface area contributed by atoms with Gasteiger partial charge in [0.15, 0.2) is 0 Å². The number of nitrogens with zero attached hydrogens (tertiary/aromatic N) is 2. The molecule has 11 aromatic rings. The number of carbonyl (C=O) groups is 16. The second kappa shape index (κ2) is 43.8. The summed E-state index contributed by atoms with van der Waals surface area (Å²) >= 11 is 0. The first-order valence-electron chi connectivity index (χ1n) is 42.8. The SMILES string of the molecule is O=C(O)C[C@H](NC(=O)[C@H](Cc1ccc(O)cc1)NC(=O)c1ccc(-c2c3nc(c(-c4ccc(C(=O)N[C@@H](Cc5ccc(O)cc5)C(=O)N[C@@H](CC(=O)O)C(=O)O)cc4)c4ccc([nH]4)c(-c4ccc(C(=O)N[C@@H](Cc5ccc(O)cc5)C(=O)N[C@@H](CC(=O)O)C(=O)O)cc4)c4nc(c(-c5ccc(C(=O)N[C@@H](Cc6ccc(O)cc6)C(=O)N[C@@H](CC(=O)O)C(=O)O)cc5)c5ccc2[nH]5)C=C4)C=C3)cc1)C(=O)O. The molecule has 0 radical (unpaired) electrons. The summed E-state index contributed by atoms with van der Waals surface area (Å²) in [4.78, 5) is 228. The Hall–Kier alpha value is -18.9. The zero-order chi connectivity index (χ0) is 100. The molecule has 40 nitrogen and oxygen atoms in total. The molecule has 8 amide bonds. The molecule has 0 spiro atoms. The van der Waals surface area contributed by atoms with E-state index in [1.54, 1.807) is 97.1 Å². The van der Waals surface area contributed by atoms with E-state index in [0.29, 0.717) is 88.8 Å². The Balaban J connectivity index is 0.981. The van der Waals surface area contributed by atoms with Gasteiger partial charge in [0.25, 0.3) is 23.6 Å². The highest BCUT2D eigenvalue weighted by atomic mass is 16.4. The van der Waals surface area contributed by atoms with E-state index >= 15 is 0 Å². The van der Waals surface area contributed by atoms with Crippen LogP contribution in [0, 0.1) is 0 Å². The van der Waals surface area contributed by atoms with Gasteiger partial charge < -0.3 is 114 Å². The number of carboxylic acid groups (broad SMARTS) is 8. The summed E-state index contributed by atoms with van der Waals surface area (Å²) in [6.07, 6.45) is 1.44. The quantitative estimate of drug-likeness (QED) is 0.0175. The first-order valence-corrected chi connectivity index (χ1v) is 42.8. The average Bonchev–Trinajstić information content (AvgIpc) is 1.61. The Morgan fingerprint density at radius 2 is 0.407 bits per heavy atom. The maximum atomic E-state index is 14.6. The van der Waals surface area contributed by atoms with Crippen LogP contribution < -0.4 is 42.5 Å². The van der Waals surface area contributed by atoms with Gasteiger partial charge in [-0.2, -0.15) is 0 Å². The fraction of sp³-hybridized carbons (Fsp3) is 0.160. The van der Waals surface area contributed by atoms with Crippen LogP contribution in [0.25, 0.3) is 90.9 Å². The van der Waals surface area contributed by atoms with Gasteiger partial charge in [-0.15, -0.1) is 0 Å². The van der Waals surface area contributed by atoms with Crippen molar-refractivity contribution in [2.75, 3.05) is 0 Å². The van der Waals surface area contributed by atoms with Crippen molar-refractivity contribution in [1.29, 1.82) is 0 Å². The minimum Gasteiger partial charge on any atom is -0.508 e. The van der Waals surface area contributed by atoms with Gasteiger partial charge in [-0.05, 0) is 190 Å². The number of carbonyl (C=O) groups excluding carboxylic acids is 8. The highest BCUT2D eigenvalue weighted by Crippen LogP contribution is 2.40. The predicted molar refractivity (Wildman–Crippen MR) is 500 cm³/mol. The molecule has 40 heteroatoms. The lowest BCUT2D eigenvalue weighted by Gasteiger charge is -2.21. The van der Waals surface area contributed by atoms with Gasteiger partial charge in [-0.3, -0.25) is 57.5 Å². The van der Waals surface area contributed by atoms with Crippen molar-refractivity contribution < 1.29 is 138 Å². The fourth-order valence-electron chi connectivity index (χ4n) is 15.4. The number of phenolic OH excluding ortho intramolecular Hbond substituents is 4. The molecule has 0 saturated heterocycles. The van der Waals surface area contributed by atoms with Gasteiger partial charge in [0.05, 0.1) is 48.5 Å². The zero-order valence-electron chi connectivity index (χ0n) is 73.2. The van der Waals surface area contributed by atoms with E-state index in [1.165, 1.54) is 146 Å². The summed E-state index contributed by atoms with van der Waals surface area (Å²) < 4.78 is 0. The molecular formula is C100H86N12O28. The highest BCUT2D eigenvalue weighted by Gasteiger charge is 2.35.